The lowest BCUT2D eigenvalue weighted by atomic mass is 10.1. The molecular weight excluding hydrogens is 326 g/mol. The molecular formula is C17H21N3O5. The Morgan fingerprint density at radius 2 is 1.92 bits per heavy atom. The first-order valence-electron chi connectivity index (χ1n) is 7.67. The molecule has 2 aromatic rings. The highest BCUT2D eigenvalue weighted by atomic mass is 16.5. The maximum atomic E-state index is 12.1. The Labute approximate surface area is 145 Å². The minimum atomic E-state index is -0.718. The van der Waals surface area contributed by atoms with Crippen LogP contribution in [0.5, 0.6) is 11.5 Å². The van der Waals surface area contributed by atoms with E-state index in [2.05, 4.69) is 15.8 Å². The van der Waals surface area contributed by atoms with Gasteiger partial charge < -0.3 is 24.6 Å². The molecule has 2 N–H and O–H groups in total. The van der Waals surface area contributed by atoms with E-state index in [0.717, 1.165) is 5.56 Å². The van der Waals surface area contributed by atoms with Crippen LogP contribution in [0, 0.1) is 6.92 Å². The van der Waals surface area contributed by atoms with E-state index in [-0.39, 0.29) is 18.2 Å². The summed E-state index contributed by atoms with van der Waals surface area (Å²) in [5.74, 6) is 1.35. The van der Waals surface area contributed by atoms with Gasteiger partial charge in [-0.3, -0.25) is 9.59 Å². The molecule has 2 amide bonds. The average Bonchev–Trinajstić information content (AvgIpc) is 2.99. The molecule has 134 valence electrons. The van der Waals surface area contributed by atoms with E-state index in [1.807, 2.05) is 0 Å². The van der Waals surface area contributed by atoms with Crippen molar-refractivity contribution in [2.75, 3.05) is 19.5 Å². The van der Waals surface area contributed by atoms with Crippen LogP contribution >= 0.6 is 0 Å². The summed E-state index contributed by atoms with van der Waals surface area (Å²) in [4.78, 5) is 24.2. The monoisotopic (exact) mass is 347 g/mol. The Morgan fingerprint density at radius 1 is 1.20 bits per heavy atom. The summed E-state index contributed by atoms with van der Waals surface area (Å²) in [6, 6.07) is 6.09. The van der Waals surface area contributed by atoms with E-state index >= 15 is 0 Å². The van der Waals surface area contributed by atoms with Gasteiger partial charge in [0.1, 0.15) is 11.8 Å². The lowest BCUT2D eigenvalue weighted by Gasteiger charge is -2.13. The minimum Gasteiger partial charge on any atom is -0.493 e. The van der Waals surface area contributed by atoms with Crippen LogP contribution < -0.4 is 20.1 Å². The number of ether oxygens (including phenoxy) is 2. The Balaban J connectivity index is 1.91. The van der Waals surface area contributed by atoms with Gasteiger partial charge in [-0.2, -0.15) is 0 Å². The topological polar surface area (TPSA) is 103 Å². The number of carbonyl (C=O) groups is 2. The molecule has 0 aliphatic rings. The standard InChI is InChI=1S/C17H21N3O5/c1-10-7-15(20-25-10)19-17(22)11(2)18-16(21)9-12-5-6-13(23-3)14(8-12)24-4/h5-8,11H,9H2,1-4H3,(H,18,21)(H,19,20,22)/t11-/m1/s1. The molecule has 25 heavy (non-hydrogen) atoms. The van der Waals surface area contributed by atoms with Gasteiger partial charge in [0, 0.05) is 6.07 Å². The second-order valence-electron chi connectivity index (χ2n) is 5.47. The average molecular weight is 347 g/mol. The molecule has 2 rings (SSSR count). The lowest BCUT2D eigenvalue weighted by Crippen LogP contribution is -2.42. The maximum absolute atomic E-state index is 12.1. The molecule has 0 aliphatic carbocycles. The van der Waals surface area contributed by atoms with E-state index in [0.29, 0.717) is 23.1 Å². The Kier molecular flexibility index (Phi) is 5.99. The van der Waals surface area contributed by atoms with Gasteiger partial charge in [0.2, 0.25) is 11.8 Å². The minimum absolute atomic E-state index is 0.112. The highest BCUT2D eigenvalue weighted by molar-refractivity contribution is 5.96. The van der Waals surface area contributed by atoms with Crippen molar-refractivity contribution >= 4 is 17.6 Å². The van der Waals surface area contributed by atoms with Crippen LogP contribution in [0.15, 0.2) is 28.8 Å². The zero-order valence-electron chi connectivity index (χ0n) is 14.6. The SMILES string of the molecule is COc1ccc(CC(=O)N[C@H](C)C(=O)Nc2cc(C)on2)cc1OC. The first-order valence-corrected chi connectivity index (χ1v) is 7.67. The number of nitrogens with one attached hydrogen (secondary N) is 2. The number of benzene rings is 1. The van der Waals surface area contributed by atoms with Crippen LogP contribution in [0.1, 0.15) is 18.2 Å². The Bertz CT molecular complexity index is 756. The number of hydrogen-bond donors (Lipinski definition) is 2. The molecule has 8 nitrogen and oxygen atoms in total. The van der Waals surface area contributed by atoms with Crippen molar-refractivity contribution in [3.63, 3.8) is 0 Å². The molecule has 8 heteroatoms. The summed E-state index contributed by atoms with van der Waals surface area (Å²) < 4.78 is 15.2. The zero-order chi connectivity index (χ0) is 18.4. The normalized spacial score (nSPS) is 11.5. The van der Waals surface area contributed by atoms with Gasteiger partial charge >= 0.3 is 0 Å². The summed E-state index contributed by atoms with van der Waals surface area (Å²) >= 11 is 0. The molecule has 1 heterocycles. The van der Waals surface area contributed by atoms with Gasteiger partial charge in [0.25, 0.3) is 0 Å². The van der Waals surface area contributed by atoms with E-state index in [4.69, 9.17) is 14.0 Å². The van der Waals surface area contributed by atoms with Crippen molar-refractivity contribution in [1.82, 2.24) is 10.5 Å². The molecule has 0 fully saturated rings. The van der Waals surface area contributed by atoms with Crippen LogP contribution in [0.4, 0.5) is 5.82 Å². The molecule has 0 spiro atoms. The summed E-state index contributed by atoms with van der Waals surface area (Å²) in [5, 5.41) is 8.88. The predicted octanol–water partition coefficient (Wildman–Crippen LogP) is 1.69. The van der Waals surface area contributed by atoms with Crippen LogP contribution in [0.3, 0.4) is 0 Å². The fourth-order valence-corrected chi connectivity index (χ4v) is 2.19. The van der Waals surface area contributed by atoms with Gasteiger partial charge in [0.05, 0.1) is 20.6 Å². The Morgan fingerprint density at radius 3 is 2.52 bits per heavy atom. The third-order valence-electron chi connectivity index (χ3n) is 3.46. The number of aromatic nitrogens is 1. The third-order valence-corrected chi connectivity index (χ3v) is 3.46. The van der Waals surface area contributed by atoms with Crippen molar-refractivity contribution in [2.45, 2.75) is 26.3 Å². The lowest BCUT2D eigenvalue weighted by molar-refractivity contribution is -0.125. The van der Waals surface area contributed by atoms with Crippen LogP contribution in [-0.4, -0.2) is 37.2 Å². The van der Waals surface area contributed by atoms with Crippen molar-refractivity contribution < 1.29 is 23.6 Å². The summed E-state index contributed by atoms with van der Waals surface area (Å²) in [6.07, 6.45) is 0.112. The van der Waals surface area contributed by atoms with E-state index in [1.54, 1.807) is 45.2 Å². The molecule has 1 aromatic carbocycles. The van der Waals surface area contributed by atoms with Gasteiger partial charge in [-0.05, 0) is 31.5 Å². The number of nitrogens with zero attached hydrogens (tertiary/aromatic N) is 1. The maximum Gasteiger partial charge on any atom is 0.247 e. The molecule has 0 saturated carbocycles. The third kappa shape index (κ3) is 4.97. The van der Waals surface area contributed by atoms with Crippen LogP contribution in [0.2, 0.25) is 0 Å². The zero-order valence-corrected chi connectivity index (χ0v) is 14.6. The number of methoxy groups -OCH3 is 2. The van der Waals surface area contributed by atoms with Gasteiger partial charge in [0.15, 0.2) is 17.3 Å². The predicted molar refractivity (Wildman–Crippen MR) is 90.7 cm³/mol. The first-order chi connectivity index (χ1) is 11.9. The molecule has 0 bridgehead atoms. The highest BCUT2D eigenvalue weighted by Crippen LogP contribution is 2.27. The van der Waals surface area contributed by atoms with Crippen molar-refractivity contribution in [2.24, 2.45) is 0 Å². The fourth-order valence-electron chi connectivity index (χ4n) is 2.19. The summed E-state index contributed by atoms with van der Waals surface area (Å²) in [7, 11) is 3.07. The number of anilines is 1. The van der Waals surface area contributed by atoms with E-state index in [9.17, 15) is 9.59 Å². The molecule has 0 saturated heterocycles. The van der Waals surface area contributed by atoms with E-state index in [1.165, 1.54) is 7.11 Å². The number of amides is 2. The number of rotatable bonds is 7. The molecule has 1 atom stereocenters. The number of carbonyl (C=O) groups excluding carboxylic acids is 2. The van der Waals surface area contributed by atoms with Crippen molar-refractivity contribution in [1.29, 1.82) is 0 Å². The largest absolute Gasteiger partial charge is 0.493 e. The van der Waals surface area contributed by atoms with Gasteiger partial charge in [-0.15, -0.1) is 0 Å². The van der Waals surface area contributed by atoms with Gasteiger partial charge in [-0.25, -0.2) is 0 Å². The first kappa shape index (κ1) is 18.3. The smallest absolute Gasteiger partial charge is 0.247 e. The van der Waals surface area contributed by atoms with Crippen molar-refractivity contribution in [3.05, 3.63) is 35.6 Å². The quantitative estimate of drug-likeness (QED) is 0.790. The second-order valence-corrected chi connectivity index (χ2v) is 5.47. The van der Waals surface area contributed by atoms with Crippen molar-refractivity contribution in [3.8, 4) is 11.5 Å². The summed E-state index contributed by atoms with van der Waals surface area (Å²) in [6.45, 7) is 3.31. The number of hydrogen-bond acceptors (Lipinski definition) is 6. The Hall–Kier alpha value is -3.03. The number of aryl methyl sites for hydroxylation is 1. The van der Waals surface area contributed by atoms with Crippen LogP contribution in [-0.2, 0) is 16.0 Å². The molecule has 0 radical (unpaired) electrons. The molecule has 0 unspecified atom stereocenters. The van der Waals surface area contributed by atoms with E-state index < -0.39 is 6.04 Å². The highest BCUT2D eigenvalue weighted by Gasteiger charge is 2.17. The molecule has 1 aromatic heterocycles. The molecule has 0 aliphatic heterocycles. The van der Waals surface area contributed by atoms with Gasteiger partial charge in [-0.1, -0.05) is 11.2 Å². The fraction of sp³-hybridized carbons (Fsp3) is 0.353. The summed E-state index contributed by atoms with van der Waals surface area (Å²) in [5.41, 5.74) is 0.745. The second kappa shape index (κ2) is 8.18. The van der Waals surface area contributed by atoms with Crippen LogP contribution in [0.25, 0.3) is 0 Å².